The largest absolute Gasteiger partial charge is 0.396 e. The Morgan fingerprint density at radius 2 is 1.33 bits per heavy atom. The van der Waals surface area contributed by atoms with E-state index in [9.17, 15) is 0 Å². The molecule has 2 heteroatoms. The molecule has 0 aliphatic heterocycles. The van der Waals surface area contributed by atoms with E-state index < -0.39 is 0 Å². The zero-order valence-corrected chi connectivity index (χ0v) is 13.6. The zero-order chi connectivity index (χ0) is 13.5. The Balaban J connectivity index is 3.56. The molecule has 0 saturated carbocycles. The monoisotopic (exact) mass is 319 g/mol. The normalized spacial score (nSPS) is 12.8. The van der Waals surface area contributed by atoms with Crippen LogP contribution in [0.1, 0.15) is 77.0 Å². The van der Waals surface area contributed by atoms with Crippen LogP contribution in [0, 0.1) is 12.8 Å². The quantitative estimate of drug-likeness (QED) is 0.331. The Hall–Kier alpha value is 0.440. The molecule has 0 aliphatic carbocycles. The van der Waals surface area contributed by atoms with Gasteiger partial charge in [0, 0.05) is 11.9 Å². The number of hydrogen-bond acceptors (Lipinski definition) is 1. The molecule has 0 aromatic rings. The van der Waals surface area contributed by atoms with E-state index >= 15 is 0 Å². The SMILES string of the molecule is [CH2]CCCC(CCCCCBr)CCCCCCO. The minimum Gasteiger partial charge on any atom is -0.396 e. The Labute approximate surface area is 123 Å². The highest BCUT2D eigenvalue weighted by molar-refractivity contribution is 9.09. The third kappa shape index (κ3) is 12.9. The van der Waals surface area contributed by atoms with E-state index in [1.54, 1.807) is 0 Å². The average Bonchev–Trinajstić information content (AvgIpc) is 2.39. The van der Waals surface area contributed by atoms with Crippen LogP contribution in [0.2, 0.25) is 0 Å². The molecule has 109 valence electrons. The lowest BCUT2D eigenvalue weighted by atomic mass is 9.90. The van der Waals surface area contributed by atoms with Crippen molar-refractivity contribution in [3.05, 3.63) is 6.92 Å². The predicted octanol–water partition coefficient (Wildman–Crippen LogP) is 5.51. The number of aliphatic hydroxyl groups is 1. The highest BCUT2D eigenvalue weighted by Crippen LogP contribution is 2.23. The Bertz CT molecular complexity index is 150. The molecule has 1 unspecified atom stereocenters. The van der Waals surface area contributed by atoms with Crippen LogP contribution in [0.3, 0.4) is 0 Å². The van der Waals surface area contributed by atoms with Crippen LogP contribution >= 0.6 is 15.9 Å². The fraction of sp³-hybridized carbons (Fsp3) is 0.938. The van der Waals surface area contributed by atoms with Crippen LogP contribution in [0.5, 0.6) is 0 Å². The van der Waals surface area contributed by atoms with Crippen molar-refractivity contribution in [1.29, 1.82) is 0 Å². The smallest absolute Gasteiger partial charge is 0.0431 e. The summed E-state index contributed by atoms with van der Waals surface area (Å²) in [6.45, 7) is 4.31. The van der Waals surface area contributed by atoms with Crippen LogP contribution in [-0.4, -0.2) is 17.0 Å². The van der Waals surface area contributed by atoms with Crippen LogP contribution in [-0.2, 0) is 0 Å². The first-order valence-corrected chi connectivity index (χ1v) is 8.93. The van der Waals surface area contributed by atoms with Gasteiger partial charge in [-0.05, 0) is 18.8 Å². The number of aliphatic hydroxyl groups excluding tert-OH is 1. The maximum absolute atomic E-state index is 8.75. The van der Waals surface area contributed by atoms with Crippen molar-refractivity contribution in [2.24, 2.45) is 5.92 Å². The summed E-state index contributed by atoms with van der Waals surface area (Å²) in [5.74, 6) is 0.927. The van der Waals surface area contributed by atoms with E-state index in [0.29, 0.717) is 6.61 Å². The summed E-state index contributed by atoms with van der Waals surface area (Å²) < 4.78 is 0. The second-order valence-corrected chi connectivity index (χ2v) is 6.12. The highest BCUT2D eigenvalue weighted by Gasteiger charge is 2.07. The van der Waals surface area contributed by atoms with Gasteiger partial charge in [-0.2, -0.15) is 0 Å². The molecule has 18 heavy (non-hydrogen) atoms. The summed E-state index contributed by atoms with van der Waals surface area (Å²) in [6.07, 6.45) is 15.5. The molecule has 0 aromatic carbocycles. The zero-order valence-electron chi connectivity index (χ0n) is 12.0. The maximum atomic E-state index is 8.75. The number of hydrogen-bond donors (Lipinski definition) is 1. The van der Waals surface area contributed by atoms with Crippen LogP contribution in [0.15, 0.2) is 0 Å². The van der Waals surface area contributed by atoms with Crippen molar-refractivity contribution < 1.29 is 5.11 Å². The molecule has 0 aromatic heterocycles. The van der Waals surface area contributed by atoms with E-state index in [4.69, 9.17) is 5.11 Å². The summed E-state index contributed by atoms with van der Waals surface area (Å²) in [4.78, 5) is 0. The lowest BCUT2D eigenvalue weighted by Crippen LogP contribution is -2.01. The molecule has 0 aliphatic rings. The summed E-state index contributed by atoms with van der Waals surface area (Å²) in [7, 11) is 0. The molecule has 0 rings (SSSR count). The van der Waals surface area contributed by atoms with Gasteiger partial charge in [0.25, 0.3) is 0 Å². The van der Waals surface area contributed by atoms with Crippen molar-refractivity contribution in [3.8, 4) is 0 Å². The summed E-state index contributed by atoms with van der Waals surface area (Å²) >= 11 is 3.50. The van der Waals surface area contributed by atoms with Crippen molar-refractivity contribution in [2.45, 2.75) is 77.0 Å². The van der Waals surface area contributed by atoms with Crippen molar-refractivity contribution in [2.75, 3.05) is 11.9 Å². The predicted molar refractivity (Wildman–Crippen MR) is 85.1 cm³/mol. The topological polar surface area (TPSA) is 20.2 Å². The second-order valence-electron chi connectivity index (χ2n) is 5.33. The first-order chi connectivity index (χ1) is 8.85. The molecular weight excluding hydrogens is 288 g/mol. The molecule has 1 atom stereocenters. The van der Waals surface area contributed by atoms with Gasteiger partial charge in [0.2, 0.25) is 0 Å². The van der Waals surface area contributed by atoms with Gasteiger partial charge >= 0.3 is 0 Å². The lowest BCUT2D eigenvalue weighted by Gasteiger charge is -2.16. The van der Waals surface area contributed by atoms with Crippen molar-refractivity contribution in [1.82, 2.24) is 0 Å². The van der Waals surface area contributed by atoms with Gasteiger partial charge in [0.1, 0.15) is 0 Å². The third-order valence-corrected chi connectivity index (χ3v) is 4.19. The fourth-order valence-corrected chi connectivity index (χ4v) is 2.87. The van der Waals surface area contributed by atoms with Crippen LogP contribution in [0.25, 0.3) is 0 Å². The van der Waals surface area contributed by atoms with E-state index in [2.05, 4.69) is 22.9 Å². The summed E-state index contributed by atoms with van der Waals surface area (Å²) in [5.41, 5.74) is 0. The minimum absolute atomic E-state index is 0.359. The third-order valence-electron chi connectivity index (χ3n) is 3.63. The highest BCUT2D eigenvalue weighted by atomic mass is 79.9. The van der Waals surface area contributed by atoms with E-state index in [1.165, 1.54) is 64.2 Å². The van der Waals surface area contributed by atoms with Gasteiger partial charge in [-0.25, -0.2) is 0 Å². The van der Waals surface area contributed by atoms with E-state index in [-0.39, 0.29) is 0 Å². The van der Waals surface area contributed by atoms with Crippen LogP contribution < -0.4 is 0 Å². The van der Waals surface area contributed by atoms with Gasteiger partial charge in [-0.3, -0.25) is 0 Å². The Morgan fingerprint density at radius 1 is 0.778 bits per heavy atom. The molecule has 1 N–H and O–H groups in total. The Kier molecular flexibility index (Phi) is 15.9. The number of halogens is 1. The van der Waals surface area contributed by atoms with E-state index in [1.807, 2.05) is 0 Å². The van der Waals surface area contributed by atoms with Crippen molar-refractivity contribution in [3.63, 3.8) is 0 Å². The summed E-state index contributed by atoms with van der Waals surface area (Å²) in [5, 5.41) is 9.90. The van der Waals surface area contributed by atoms with Crippen LogP contribution in [0.4, 0.5) is 0 Å². The number of unbranched alkanes of at least 4 members (excludes halogenated alkanes) is 6. The molecule has 0 bridgehead atoms. The molecular formula is C16H32BrO. The van der Waals surface area contributed by atoms with Gasteiger partial charge < -0.3 is 5.11 Å². The van der Waals surface area contributed by atoms with E-state index in [0.717, 1.165) is 24.1 Å². The fourth-order valence-electron chi connectivity index (χ4n) is 2.47. The maximum Gasteiger partial charge on any atom is 0.0431 e. The Morgan fingerprint density at radius 3 is 1.89 bits per heavy atom. The van der Waals surface area contributed by atoms with Gasteiger partial charge in [0.05, 0.1) is 0 Å². The molecule has 0 spiro atoms. The first kappa shape index (κ1) is 18.4. The summed E-state index contributed by atoms with van der Waals surface area (Å²) in [6, 6.07) is 0. The van der Waals surface area contributed by atoms with Crippen molar-refractivity contribution >= 4 is 15.9 Å². The molecule has 1 nitrogen and oxygen atoms in total. The minimum atomic E-state index is 0.359. The van der Waals surface area contributed by atoms with Gasteiger partial charge in [-0.1, -0.05) is 87.1 Å². The van der Waals surface area contributed by atoms with Gasteiger partial charge in [0.15, 0.2) is 0 Å². The standard InChI is InChI=1S/C16H32BrO/c1-2-3-11-16(13-8-6-9-14-17)12-7-4-5-10-15-18/h16,18H,1-15H2. The molecule has 0 fully saturated rings. The number of alkyl halides is 1. The number of rotatable bonds is 14. The molecule has 0 amide bonds. The second kappa shape index (κ2) is 15.5. The average molecular weight is 320 g/mol. The first-order valence-electron chi connectivity index (χ1n) is 7.81. The molecule has 0 heterocycles. The van der Waals surface area contributed by atoms with Gasteiger partial charge in [-0.15, -0.1) is 0 Å². The molecule has 1 radical (unpaired) electrons. The lowest BCUT2D eigenvalue weighted by molar-refractivity contribution is 0.280. The molecule has 0 saturated heterocycles.